The fourth-order valence-corrected chi connectivity index (χ4v) is 2.82. The summed E-state index contributed by atoms with van der Waals surface area (Å²) in [5.41, 5.74) is -0.740. The average Bonchev–Trinajstić information content (AvgIpc) is 2.77. The van der Waals surface area contributed by atoms with Crippen molar-refractivity contribution >= 4 is 5.97 Å². The fraction of sp³-hybridized carbons (Fsp3) is 0.923. The van der Waals surface area contributed by atoms with Gasteiger partial charge in [0.15, 0.2) is 0 Å². The molecule has 106 valence electrons. The summed E-state index contributed by atoms with van der Waals surface area (Å²) in [4.78, 5) is 11.4. The second-order valence-corrected chi connectivity index (χ2v) is 4.86. The Hall–Kier alpha value is -0.650. The number of methoxy groups -OCH3 is 1. The molecule has 5 nitrogen and oxygen atoms in total. The molecule has 2 N–H and O–H groups in total. The summed E-state index contributed by atoms with van der Waals surface area (Å²) in [6.07, 6.45) is 4.35. The van der Waals surface area contributed by atoms with Crippen LogP contribution in [0, 0.1) is 5.92 Å². The lowest BCUT2D eigenvalue weighted by Gasteiger charge is -2.30. The van der Waals surface area contributed by atoms with Gasteiger partial charge in [0.25, 0.3) is 0 Å². The summed E-state index contributed by atoms with van der Waals surface area (Å²) in [5.74, 6) is -0.561. The molecule has 0 aromatic heterocycles. The summed E-state index contributed by atoms with van der Waals surface area (Å²) in [5, 5.41) is 12.4. The predicted molar refractivity (Wildman–Crippen MR) is 68.7 cm³/mol. The first-order valence-electron chi connectivity index (χ1n) is 6.66. The second kappa shape index (κ2) is 7.71. The number of hydrogen-bond acceptors (Lipinski definition) is 4. The van der Waals surface area contributed by atoms with Crippen LogP contribution >= 0.6 is 0 Å². The lowest BCUT2D eigenvalue weighted by Crippen LogP contribution is -2.53. The topological polar surface area (TPSA) is 67.8 Å². The van der Waals surface area contributed by atoms with Crippen molar-refractivity contribution in [2.24, 2.45) is 5.92 Å². The molecule has 1 rings (SSSR count). The number of rotatable bonds is 9. The third kappa shape index (κ3) is 3.67. The van der Waals surface area contributed by atoms with Gasteiger partial charge in [0.2, 0.25) is 0 Å². The normalized spacial score (nSPS) is 27.6. The number of carboxylic acids is 1. The van der Waals surface area contributed by atoms with E-state index in [1.54, 1.807) is 14.2 Å². The Balaban J connectivity index is 2.30. The SMILES string of the molecule is CNC1(C(=O)O)CCCC1CCOCCCOC. The van der Waals surface area contributed by atoms with Gasteiger partial charge in [0, 0.05) is 26.9 Å². The summed E-state index contributed by atoms with van der Waals surface area (Å²) >= 11 is 0. The van der Waals surface area contributed by atoms with E-state index in [2.05, 4.69) is 5.32 Å². The lowest BCUT2D eigenvalue weighted by atomic mass is 9.85. The van der Waals surface area contributed by atoms with Gasteiger partial charge in [-0.15, -0.1) is 0 Å². The molecule has 0 radical (unpaired) electrons. The molecule has 1 aliphatic carbocycles. The molecule has 0 spiro atoms. The van der Waals surface area contributed by atoms with Crippen molar-refractivity contribution in [2.75, 3.05) is 34.0 Å². The average molecular weight is 259 g/mol. The van der Waals surface area contributed by atoms with E-state index in [4.69, 9.17) is 9.47 Å². The van der Waals surface area contributed by atoms with Crippen LogP contribution in [0.1, 0.15) is 32.1 Å². The van der Waals surface area contributed by atoms with E-state index in [0.29, 0.717) is 26.2 Å². The van der Waals surface area contributed by atoms with E-state index in [1.807, 2.05) is 0 Å². The highest BCUT2D eigenvalue weighted by Gasteiger charge is 2.47. The molecule has 5 heteroatoms. The Bertz CT molecular complexity index is 259. The van der Waals surface area contributed by atoms with Crippen LogP contribution in [0.5, 0.6) is 0 Å². The monoisotopic (exact) mass is 259 g/mol. The van der Waals surface area contributed by atoms with Crippen LogP contribution < -0.4 is 5.32 Å². The van der Waals surface area contributed by atoms with Crippen molar-refractivity contribution in [1.29, 1.82) is 0 Å². The molecular weight excluding hydrogens is 234 g/mol. The Labute approximate surface area is 109 Å². The number of aliphatic carboxylic acids is 1. The number of ether oxygens (including phenoxy) is 2. The van der Waals surface area contributed by atoms with E-state index in [1.165, 1.54) is 0 Å². The smallest absolute Gasteiger partial charge is 0.324 e. The van der Waals surface area contributed by atoms with E-state index < -0.39 is 11.5 Å². The van der Waals surface area contributed by atoms with Crippen molar-refractivity contribution in [2.45, 2.75) is 37.6 Å². The van der Waals surface area contributed by atoms with Crippen LogP contribution in [0.2, 0.25) is 0 Å². The van der Waals surface area contributed by atoms with Gasteiger partial charge in [0.1, 0.15) is 5.54 Å². The van der Waals surface area contributed by atoms with Gasteiger partial charge in [-0.3, -0.25) is 4.79 Å². The minimum absolute atomic E-state index is 0.169. The first kappa shape index (κ1) is 15.4. The minimum Gasteiger partial charge on any atom is -0.480 e. The van der Waals surface area contributed by atoms with Crippen molar-refractivity contribution in [3.63, 3.8) is 0 Å². The third-order valence-corrected chi connectivity index (χ3v) is 3.90. The van der Waals surface area contributed by atoms with Crippen molar-refractivity contribution in [3.05, 3.63) is 0 Å². The molecular formula is C13H25NO4. The van der Waals surface area contributed by atoms with Gasteiger partial charge in [-0.2, -0.15) is 0 Å². The van der Waals surface area contributed by atoms with Crippen LogP contribution in [0.4, 0.5) is 0 Å². The van der Waals surface area contributed by atoms with Gasteiger partial charge in [0.05, 0.1) is 0 Å². The maximum Gasteiger partial charge on any atom is 0.324 e. The minimum atomic E-state index is -0.740. The molecule has 0 aliphatic heterocycles. The molecule has 2 unspecified atom stereocenters. The van der Waals surface area contributed by atoms with Crippen molar-refractivity contribution in [1.82, 2.24) is 5.32 Å². The number of likely N-dealkylation sites (N-methyl/N-ethyl adjacent to an activating group) is 1. The van der Waals surface area contributed by atoms with Crippen LogP contribution in [-0.2, 0) is 14.3 Å². The summed E-state index contributed by atoms with van der Waals surface area (Å²) in [6.45, 7) is 2.02. The molecule has 0 amide bonds. The van der Waals surface area contributed by atoms with Gasteiger partial charge < -0.3 is 19.9 Å². The van der Waals surface area contributed by atoms with E-state index in [-0.39, 0.29) is 5.92 Å². The highest BCUT2D eigenvalue weighted by atomic mass is 16.5. The third-order valence-electron chi connectivity index (χ3n) is 3.90. The van der Waals surface area contributed by atoms with Gasteiger partial charge in [-0.25, -0.2) is 0 Å². The Morgan fingerprint density at radius 2 is 2.22 bits per heavy atom. The highest BCUT2D eigenvalue weighted by Crippen LogP contribution is 2.37. The zero-order valence-corrected chi connectivity index (χ0v) is 11.4. The molecule has 0 heterocycles. The van der Waals surface area contributed by atoms with E-state index >= 15 is 0 Å². The number of nitrogens with one attached hydrogen (secondary N) is 1. The highest BCUT2D eigenvalue weighted by molar-refractivity contribution is 5.79. The van der Waals surface area contributed by atoms with E-state index in [9.17, 15) is 9.90 Å². The summed E-state index contributed by atoms with van der Waals surface area (Å²) in [7, 11) is 3.42. The maximum atomic E-state index is 11.4. The fourth-order valence-electron chi connectivity index (χ4n) is 2.82. The maximum absolute atomic E-state index is 11.4. The Morgan fingerprint density at radius 3 is 2.83 bits per heavy atom. The molecule has 2 atom stereocenters. The van der Waals surface area contributed by atoms with E-state index in [0.717, 1.165) is 25.7 Å². The number of hydrogen-bond donors (Lipinski definition) is 2. The van der Waals surface area contributed by atoms with Crippen molar-refractivity contribution in [3.8, 4) is 0 Å². The first-order chi connectivity index (χ1) is 8.67. The molecule has 1 aliphatic rings. The zero-order chi connectivity index (χ0) is 13.4. The van der Waals surface area contributed by atoms with Crippen LogP contribution in [0.15, 0.2) is 0 Å². The first-order valence-corrected chi connectivity index (χ1v) is 6.66. The second-order valence-electron chi connectivity index (χ2n) is 4.86. The molecule has 0 saturated heterocycles. The van der Waals surface area contributed by atoms with Crippen LogP contribution in [0.25, 0.3) is 0 Å². The molecule has 0 aromatic rings. The largest absolute Gasteiger partial charge is 0.480 e. The van der Waals surface area contributed by atoms with Crippen molar-refractivity contribution < 1.29 is 19.4 Å². The quantitative estimate of drug-likeness (QED) is 0.610. The van der Waals surface area contributed by atoms with Gasteiger partial charge in [-0.1, -0.05) is 6.42 Å². The van der Waals surface area contributed by atoms with Gasteiger partial charge >= 0.3 is 5.97 Å². The van der Waals surface area contributed by atoms with Gasteiger partial charge in [-0.05, 0) is 38.6 Å². The number of carbonyl (C=O) groups is 1. The Morgan fingerprint density at radius 1 is 1.44 bits per heavy atom. The zero-order valence-electron chi connectivity index (χ0n) is 11.4. The number of carboxylic acid groups (broad SMARTS) is 1. The molecule has 1 fully saturated rings. The van der Waals surface area contributed by atoms with Crippen LogP contribution in [-0.4, -0.2) is 50.6 Å². The summed E-state index contributed by atoms with van der Waals surface area (Å²) < 4.78 is 10.5. The molecule has 18 heavy (non-hydrogen) atoms. The Kier molecular flexibility index (Phi) is 6.60. The standard InChI is InChI=1S/C13H25NO4/c1-14-13(12(15)16)7-3-5-11(13)6-10-18-9-4-8-17-2/h11,14H,3-10H2,1-2H3,(H,15,16). The predicted octanol–water partition coefficient (Wildman–Crippen LogP) is 1.27. The summed E-state index contributed by atoms with van der Waals surface area (Å²) in [6, 6.07) is 0. The van der Waals surface area contributed by atoms with Crippen LogP contribution in [0.3, 0.4) is 0 Å². The lowest BCUT2D eigenvalue weighted by molar-refractivity contribution is -0.146. The molecule has 1 saturated carbocycles. The molecule has 0 aromatic carbocycles. The molecule has 0 bridgehead atoms.